The van der Waals surface area contributed by atoms with Gasteiger partial charge in [0.25, 0.3) is 0 Å². The lowest BCUT2D eigenvalue weighted by atomic mass is 9.96. The summed E-state index contributed by atoms with van der Waals surface area (Å²) in [6.07, 6.45) is -2.21. The van der Waals surface area contributed by atoms with E-state index in [9.17, 15) is 18.7 Å². The Morgan fingerprint density at radius 2 is 1.67 bits per heavy atom. The largest absolute Gasteiger partial charge is 0.497 e. The van der Waals surface area contributed by atoms with Crippen LogP contribution in [-0.2, 0) is 0 Å². The van der Waals surface area contributed by atoms with Gasteiger partial charge in [0.15, 0.2) is 6.10 Å². The molecule has 2 rings (SSSR count). The van der Waals surface area contributed by atoms with Crippen molar-refractivity contribution >= 4 is 5.78 Å². The second kappa shape index (κ2) is 6.01. The molecule has 0 saturated carbocycles. The van der Waals surface area contributed by atoms with Crippen LogP contribution in [0.5, 0.6) is 5.75 Å². The molecule has 0 amide bonds. The van der Waals surface area contributed by atoms with Crippen molar-refractivity contribution in [1.82, 2.24) is 0 Å². The van der Waals surface area contributed by atoms with Crippen molar-refractivity contribution < 1.29 is 23.4 Å². The second-order valence-corrected chi connectivity index (χ2v) is 4.49. The highest BCUT2D eigenvalue weighted by Crippen LogP contribution is 2.34. The predicted octanol–water partition coefficient (Wildman–Crippen LogP) is 3.25. The van der Waals surface area contributed by atoms with Crippen LogP contribution in [0, 0.1) is 0 Å². The normalized spacial score (nSPS) is 12.8. The van der Waals surface area contributed by atoms with Crippen molar-refractivity contribution in [2.24, 2.45) is 0 Å². The number of hydrogen-bond acceptors (Lipinski definition) is 3. The summed E-state index contributed by atoms with van der Waals surface area (Å²) in [6.45, 7) is 0. The second-order valence-electron chi connectivity index (χ2n) is 4.49. The van der Waals surface area contributed by atoms with Gasteiger partial charge in [0, 0.05) is 5.56 Å². The van der Waals surface area contributed by atoms with E-state index in [0.717, 1.165) is 0 Å². The fourth-order valence-electron chi connectivity index (χ4n) is 1.90. The predicted molar refractivity (Wildman–Crippen MR) is 73.7 cm³/mol. The first-order valence-corrected chi connectivity index (χ1v) is 6.26. The summed E-state index contributed by atoms with van der Waals surface area (Å²) < 4.78 is 33.2. The molecule has 2 aromatic carbocycles. The van der Waals surface area contributed by atoms with Gasteiger partial charge >= 0.3 is 5.92 Å². The zero-order chi connectivity index (χ0) is 15.5. The van der Waals surface area contributed by atoms with Crippen LogP contribution in [0.3, 0.4) is 0 Å². The lowest BCUT2D eigenvalue weighted by Crippen LogP contribution is -2.35. The molecular weight excluding hydrogens is 278 g/mol. The summed E-state index contributed by atoms with van der Waals surface area (Å²) in [5, 5.41) is 9.83. The van der Waals surface area contributed by atoms with E-state index in [1.165, 1.54) is 55.6 Å². The number of aliphatic hydroxyl groups is 1. The Hall–Kier alpha value is -2.27. The van der Waals surface area contributed by atoms with Crippen LogP contribution in [0.4, 0.5) is 8.78 Å². The van der Waals surface area contributed by atoms with E-state index >= 15 is 0 Å². The number of ketones is 1. The highest BCUT2D eigenvalue weighted by molar-refractivity contribution is 6.01. The minimum absolute atomic E-state index is 0.0509. The Kier molecular flexibility index (Phi) is 4.33. The van der Waals surface area contributed by atoms with Crippen molar-refractivity contribution in [2.45, 2.75) is 12.0 Å². The van der Waals surface area contributed by atoms with Crippen LogP contribution in [0.25, 0.3) is 0 Å². The van der Waals surface area contributed by atoms with E-state index in [-0.39, 0.29) is 11.1 Å². The smallest absolute Gasteiger partial charge is 0.339 e. The first-order chi connectivity index (χ1) is 9.96. The third kappa shape index (κ3) is 3.08. The molecule has 0 aliphatic carbocycles. The van der Waals surface area contributed by atoms with Crippen molar-refractivity contribution in [3.8, 4) is 5.75 Å². The molecule has 2 aromatic rings. The zero-order valence-corrected chi connectivity index (χ0v) is 11.3. The molecule has 0 fully saturated rings. The molecule has 0 bridgehead atoms. The molecule has 0 aliphatic rings. The number of carbonyl (C=O) groups is 1. The minimum atomic E-state index is -3.91. The number of methoxy groups -OCH3 is 1. The molecule has 5 heteroatoms. The highest BCUT2D eigenvalue weighted by atomic mass is 19.3. The minimum Gasteiger partial charge on any atom is -0.497 e. The molecule has 0 unspecified atom stereocenters. The van der Waals surface area contributed by atoms with Crippen LogP contribution in [0.2, 0.25) is 0 Å². The highest BCUT2D eigenvalue weighted by Gasteiger charge is 2.47. The van der Waals surface area contributed by atoms with Gasteiger partial charge in [-0.2, -0.15) is 8.78 Å². The number of halogens is 2. The standard InChI is InChI=1S/C16H14F2O3/c1-21-13-9-7-12(8-10-13)15(20)16(17,18)14(19)11-5-3-2-4-6-11/h2-10,15,20H,1H3/t15-/m1/s1. The molecule has 0 aliphatic heterocycles. The molecule has 21 heavy (non-hydrogen) atoms. The van der Waals surface area contributed by atoms with Gasteiger partial charge in [0.2, 0.25) is 5.78 Å². The Morgan fingerprint density at radius 1 is 1.10 bits per heavy atom. The number of alkyl halides is 2. The molecule has 0 heterocycles. The number of hydrogen-bond donors (Lipinski definition) is 1. The average molecular weight is 292 g/mol. The number of aliphatic hydroxyl groups excluding tert-OH is 1. The lowest BCUT2D eigenvalue weighted by Gasteiger charge is -2.21. The maximum Gasteiger partial charge on any atom is 0.339 e. The summed E-state index contributed by atoms with van der Waals surface area (Å²) in [6, 6.07) is 12.7. The third-order valence-corrected chi connectivity index (χ3v) is 3.11. The molecule has 1 atom stereocenters. The van der Waals surface area contributed by atoms with E-state index in [2.05, 4.69) is 0 Å². The van der Waals surface area contributed by atoms with Gasteiger partial charge in [0.05, 0.1) is 7.11 Å². The fourth-order valence-corrected chi connectivity index (χ4v) is 1.90. The first-order valence-electron chi connectivity index (χ1n) is 6.26. The Balaban J connectivity index is 2.27. The number of ether oxygens (including phenoxy) is 1. The van der Waals surface area contributed by atoms with Crippen LogP contribution in [0.1, 0.15) is 22.0 Å². The number of rotatable bonds is 5. The van der Waals surface area contributed by atoms with Crippen LogP contribution in [0.15, 0.2) is 54.6 Å². The maximum absolute atomic E-state index is 14.1. The van der Waals surface area contributed by atoms with Gasteiger partial charge < -0.3 is 9.84 Å². The van der Waals surface area contributed by atoms with Crippen molar-refractivity contribution in [2.75, 3.05) is 7.11 Å². The fraction of sp³-hybridized carbons (Fsp3) is 0.188. The maximum atomic E-state index is 14.1. The van der Waals surface area contributed by atoms with Gasteiger partial charge in [0.1, 0.15) is 5.75 Å². The van der Waals surface area contributed by atoms with E-state index in [1.807, 2.05) is 0 Å². The number of Topliss-reactive ketones (excluding diaryl/α,β-unsaturated/α-hetero) is 1. The van der Waals surface area contributed by atoms with Crippen LogP contribution in [-0.4, -0.2) is 23.9 Å². The van der Waals surface area contributed by atoms with Crippen molar-refractivity contribution in [1.29, 1.82) is 0 Å². The quantitative estimate of drug-likeness (QED) is 0.860. The SMILES string of the molecule is COc1ccc([C@@H](O)C(F)(F)C(=O)c2ccccc2)cc1. The van der Waals surface area contributed by atoms with E-state index in [0.29, 0.717) is 5.75 Å². The van der Waals surface area contributed by atoms with Crippen LogP contribution >= 0.6 is 0 Å². The molecule has 0 aromatic heterocycles. The van der Waals surface area contributed by atoms with Crippen LogP contribution < -0.4 is 4.74 Å². The van der Waals surface area contributed by atoms with Gasteiger partial charge in [-0.3, -0.25) is 4.79 Å². The first kappa shape index (κ1) is 15.1. The van der Waals surface area contributed by atoms with Gasteiger partial charge in [-0.15, -0.1) is 0 Å². The summed E-state index contributed by atoms with van der Waals surface area (Å²) in [4.78, 5) is 11.9. The Bertz CT molecular complexity index is 609. The monoisotopic (exact) mass is 292 g/mol. The summed E-state index contributed by atoms with van der Waals surface area (Å²) >= 11 is 0. The summed E-state index contributed by atoms with van der Waals surface area (Å²) in [5.41, 5.74) is -0.194. The summed E-state index contributed by atoms with van der Waals surface area (Å²) in [7, 11) is 1.44. The molecule has 3 nitrogen and oxygen atoms in total. The number of carbonyl (C=O) groups excluding carboxylic acids is 1. The number of benzene rings is 2. The Morgan fingerprint density at radius 3 is 2.19 bits per heavy atom. The van der Waals surface area contributed by atoms with Gasteiger partial charge in [-0.05, 0) is 17.7 Å². The molecule has 110 valence electrons. The summed E-state index contributed by atoms with van der Waals surface area (Å²) in [5.74, 6) is -4.84. The Labute approximate surface area is 120 Å². The van der Waals surface area contributed by atoms with E-state index < -0.39 is 17.8 Å². The molecule has 0 radical (unpaired) electrons. The molecule has 0 saturated heterocycles. The van der Waals surface area contributed by atoms with Crippen molar-refractivity contribution in [3.63, 3.8) is 0 Å². The third-order valence-electron chi connectivity index (χ3n) is 3.11. The topological polar surface area (TPSA) is 46.5 Å². The van der Waals surface area contributed by atoms with Crippen molar-refractivity contribution in [3.05, 3.63) is 65.7 Å². The van der Waals surface area contributed by atoms with E-state index in [4.69, 9.17) is 4.74 Å². The average Bonchev–Trinajstić information content (AvgIpc) is 2.54. The van der Waals surface area contributed by atoms with Gasteiger partial charge in [-0.25, -0.2) is 0 Å². The molecule has 0 spiro atoms. The molecular formula is C16H14F2O3. The van der Waals surface area contributed by atoms with E-state index in [1.54, 1.807) is 6.07 Å². The lowest BCUT2D eigenvalue weighted by molar-refractivity contribution is -0.0792. The zero-order valence-electron chi connectivity index (χ0n) is 11.3. The van der Waals surface area contributed by atoms with Gasteiger partial charge in [-0.1, -0.05) is 42.5 Å². The molecule has 1 N–H and O–H groups in total.